The highest BCUT2D eigenvalue weighted by Gasteiger charge is 2.07. The van der Waals surface area contributed by atoms with E-state index in [2.05, 4.69) is 20.5 Å². The maximum absolute atomic E-state index is 3.82. The van der Waals surface area contributed by atoms with Crippen molar-refractivity contribution >= 4 is 0 Å². The van der Waals surface area contributed by atoms with E-state index in [0.717, 1.165) is 13.1 Å². The van der Waals surface area contributed by atoms with Crippen molar-refractivity contribution in [2.24, 2.45) is 10.3 Å². The molecule has 0 saturated carbocycles. The summed E-state index contributed by atoms with van der Waals surface area (Å²) in [4.78, 5) is 0. The van der Waals surface area contributed by atoms with E-state index in [9.17, 15) is 0 Å². The van der Waals surface area contributed by atoms with Crippen molar-refractivity contribution in [2.75, 3.05) is 18.2 Å². The Bertz CT molecular complexity index is 226. The molecule has 1 aromatic rings. The van der Waals surface area contributed by atoms with Gasteiger partial charge >= 0.3 is 0 Å². The van der Waals surface area contributed by atoms with Gasteiger partial charge in [0, 0.05) is 0 Å². The summed E-state index contributed by atoms with van der Waals surface area (Å²) < 4.78 is 1.69. The van der Waals surface area contributed by atoms with E-state index in [-0.39, 0.29) is 0 Å². The number of rotatable bonds is 1. The zero-order chi connectivity index (χ0) is 6.81. The highest BCUT2D eigenvalue weighted by atomic mass is 15.8. The van der Waals surface area contributed by atoms with Gasteiger partial charge in [-0.1, -0.05) is 5.22 Å². The van der Waals surface area contributed by atoms with Crippen LogP contribution < -0.4 is 5.12 Å². The van der Waals surface area contributed by atoms with E-state index in [4.69, 9.17) is 0 Å². The van der Waals surface area contributed by atoms with Gasteiger partial charge in [-0.2, -0.15) is 10.2 Å². The van der Waals surface area contributed by atoms with Crippen molar-refractivity contribution in [3.05, 3.63) is 12.7 Å². The third-order valence-corrected chi connectivity index (χ3v) is 1.24. The lowest BCUT2D eigenvalue weighted by Gasteiger charge is -2.09. The highest BCUT2D eigenvalue weighted by Crippen LogP contribution is 1.97. The van der Waals surface area contributed by atoms with Crippen LogP contribution >= 0.6 is 0 Å². The molecule has 0 bridgehead atoms. The summed E-state index contributed by atoms with van der Waals surface area (Å²) in [6.45, 7) is 1.55. The first kappa shape index (κ1) is 5.33. The van der Waals surface area contributed by atoms with Gasteiger partial charge in [-0.25, -0.2) is 4.68 Å². The molecule has 0 radical (unpaired) electrons. The van der Waals surface area contributed by atoms with Crippen molar-refractivity contribution in [2.45, 2.75) is 0 Å². The molecule has 0 N–H and O–H groups in total. The minimum atomic E-state index is 0.748. The third kappa shape index (κ3) is 0.734. The molecule has 2 rings (SSSR count). The minimum Gasteiger partial charge on any atom is -0.210 e. The van der Waals surface area contributed by atoms with Crippen LogP contribution in [-0.2, 0) is 0 Å². The van der Waals surface area contributed by atoms with Gasteiger partial charge in [0.25, 0.3) is 0 Å². The van der Waals surface area contributed by atoms with Crippen molar-refractivity contribution in [1.29, 1.82) is 0 Å². The average Bonchev–Trinajstić information content (AvgIpc) is 2.59. The summed E-state index contributed by atoms with van der Waals surface area (Å²) in [5.41, 5.74) is 0. The lowest BCUT2D eigenvalue weighted by molar-refractivity contribution is 0.645. The molecule has 0 amide bonds. The Morgan fingerprint density at radius 1 is 1.20 bits per heavy atom. The van der Waals surface area contributed by atoms with Crippen LogP contribution in [0.2, 0.25) is 0 Å². The van der Waals surface area contributed by atoms with Gasteiger partial charge in [-0.3, -0.25) is 0 Å². The van der Waals surface area contributed by atoms with Crippen molar-refractivity contribution in [3.63, 3.8) is 0 Å². The van der Waals surface area contributed by atoms with Gasteiger partial charge in [-0.05, 0) is 0 Å². The molecule has 52 valence electrons. The second kappa shape index (κ2) is 2.05. The van der Waals surface area contributed by atoms with Gasteiger partial charge in [-0.15, -0.1) is 10.2 Å². The van der Waals surface area contributed by atoms with Crippen LogP contribution in [0.4, 0.5) is 0 Å². The Hall–Kier alpha value is -1.46. The molecular formula is C4H6N6. The van der Waals surface area contributed by atoms with Crippen molar-refractivity contribution in [1.82, 2.24) is 14.9 Å². The first-order chi connectivity index (χ1) is 4.97. The Kier molecular flexibility index (Phi) is 1.09. The molecule has 1 aliphatic heterocycles. The Balaban J connectivity index is 2.20. The zero-order valence-corrected chi connectivity index (χ0v) is 5.25. The second-order valence-corrected chi connectivity index (χ2v) is 1.89. The Morgan fingerprint density at radius 3 is 2.60 bits per heavy atom. The molecule has 0 aromatic carbocycles. The first-order valence-corrected chi connectivity index (χ1v) is 2.97. The number of aromatic nitrogens is 3. The Morgan fingerprint density at radius 2 is 2.00 bits per heavy atom. The highest BCUT2D eigenvalue weighted by molar-refractivity contribution is 4.82. The van der Waals surface area contributed by atoms with E-state index < -0.39 is 0 Å². The van der Waals surface area contributed by atoms with Crippen LogP contribution in [-0.4, -0.2) is 28.0 Å². The molecule has 2 heterocycles. The van der Waals surface area contributed by atoms with E-state index >= 15 is 0 Å². The summed E-state index contributed by atoms with van der Waals surface area (Å²) >= 11 is 0. The van der Waals surface area contributed by atoms with Crippen molar-refractivity contribution < 1.29 is 0 Å². The zero-order valence-electron chi connectivity index (χ0n) is 5.25. The van der Waals surface area contributed by atoms with Crippen LogP contribution in [0.5, 0.6) is 0 Å². The number of hydrogen-bond acceptors (Lipinski definition) is 5. The molecule has 1 aliphatic rings. The number of hydrogen-bond donors (Lipinski definition) is 0. The van der Waals surface area contributed by atoms with Crippen molar-refractivity contribution in [3.8, 4) is 0 Å². The lowest BCUT2D eigenvalue weighted by atomic mass is 10.7. The summed E-state index contributed by atoms with van der Waals surface area (Å²) in [6, 6.07) is 0. The molecular weight excluding hydrogens is 132 g/mol. The van der Waals surface area contributed by atoms with Crippen LogP contribution in [0.15, 0.2) is 23.0 Å². The van der Waals surface area contributed by atoms with E-state index in [0.29, 0.717) is 0 Å². The molecule has 10 heavy (non-hydrogen) atoms. The van der Waals surface area contributed by atoms with E-state index in [1.807, 2.05) is 0 Å². The molecule has 0 fully saturated rings. The van der Waals surface area contributed by atoms with Crippen LogP contribution in [0.25, 0.3) is 0 Å². The first-order valence-electron chi connectivity index (χ1n) is 2.97. The topological polar surface area (TPSA) is 58.7 Å². The smallest absolute Gasteiger partial charge is 0.141 e. The Labute approximate surface area is 57.1 Å². The predicted molar refractivity (Wildman–Crippen MR) is 32.8 cm³/mol. The molecule has 0 unspecified atom stereocenters. The quantitative estimate of drug-likeness (QED) is 0.530. The maximum Gasteiger partial charge on any atom is 0.141 e. The maximum atomic E-state index is 3.82. The molecule has 6 heteroatoms. The van der Waals surface area contributed by atoms with Crippen LogP contribution in [0.3, 0.4) is 0 Å². The standard InChI is InChI=1S/C4H6N6/c1-2-10(8-5-1)9-3-6-7-4-9/h3-4H,1-2H2. The molecule has 0 saturated heterocycles. The molecule has 0 atom stereocenters. The second-order valence-electron chi connectivity index (χ2n) is 1.89. The fourth-order valence-electron chi connectivity index (χ4n) is 0.773. The molecule has 0 spiro atoms. The summed E-state index contributed by atoms with van der Waals surface area (Å²) in [5.74, 6) is 0. The molecule has 1 aromatic heterocycles. The third-order valence-electron chi connectivity index (χ3n) is 1.24. The monoisotopic (exact) mass is 138 g/mol. The van der Waals surface area contributed by atoms with Gasteiger partial charge in [0.15, 0.2) is 0 Å². The van der Waals surface area contributed by atoms with E-state index in [1.54, 1.807) is 22.4 Å². The average molecular weight is 138 g/mol. The fourth-order valence-corrected chi connectivity index (χ4v) is 0.773. The summed E-state index contributed by atoms with van der Waals surface area (Å²) in [6.07, 6.45) is 3.18. The van der Waals surface area contributed by atoms with Crippen LogP contribution in [0.1, 0.15) is 0 Å². The van der Waals surface area contributed by atoms with Gasteiger partial charge < -0.3 is 0 Å². The fraction of sp³-hybridized carbons (Fsp3) is 0.500. The molecule has 6 nitrogen and oxygen atoms in total. The lowest BCUT2D eigenvalue weighted by Crippen LogP contribution is -2.25. The summed E-state index contributed by atoms with van der Waals surface area (Å²) in [5, 5.41) is 16.6. The normalized spacial score (nSPS) is 16.6. The summed E-state index contributed by atoms with van der Waals surface area (Å²) in [7, 11) is 0. The minimum absolute atomic E-state index is 0.748. The van der Waals surface area contributed by atoms with Gasteiger partial charge in [0.2, 0.25) is 0 Å². The molecule has 0 aliphatic carbocycles. The number of nitrogens with zero attached hydrogens (tertiary/aromatic N) is 6. The largest absolute Gasteiger partial charge is 0.210 e. The van der Waals surface area contributed by atoms with Gasteiger partial charge in [0.1, 0.15) is 12.7 Å². The van der Waals surface area contributed by atoms with Crippen LogP contribution in [0, 0.1) is 0 Å². The predicted octanol–water partition coefficient (Wildman–Crippen LogP) is -0.403. The SMILES string of the molecule is c1nncn1N1CCN=N1. The van der Waals surface area contributed by atoms with E-state index in [1.165, 1.54) is 0 Å². The van der Waals surface area contributed by atoms with Gasteiger partial charge in [0.05, 0.1) is 13.1 Å².